The number of rotatable bonds is 6. The third-order valence-corrected chi connectivity index (χ3v) is 3.80. The molecule has 0 aliphatic carbocycles. The van der Waals surface area contributed by atoms with E-state index in [4.69, 9.17) is 0 Å². The summed E-state index contributed by atoms with van der Waals surface area (Å²) >= 11 is 1.62. The van der Waals surface area contributed by atoms with Gasteiger partial charge in [0.25, 0.3) is 0 Å². The highest BCUT2D eigenvalue weighted by atomic mass is 32.2. The van der Waals surface area contributed by atoms with Gasteiger partial charge in [-0.3, -0.25) is 0 Å². The number of hydrogen-bond donors (Lipinski definition) is 3. The molecule has 18 heavy (non-hydrogen) atoms. The second kappa shape index (κ2) is 6.45. The molecule has 0 aromatic heterocycles. The summed E-state index contributed by atoms with van der Waals surface area (Å²) in [6.45, 7) is 6.31. The second-order valence-corrected chi connectivity index (χ2v) is 5.96. The van der Waals surface area contributed by atoms with Crippen molar-refractivity contribution in [3.63, 3.8) is 0 Å². The Kier molecular flexibility index (Phi) is 5.50. The first-order valence-corrected chi connectivity index (χ1v) is 7.49. The molecular weight excluding hydrogens is 246 g/mol. The van der Waals surface area contributed by atoms with Crippen LogP contribution in [0.1, 0.15) is 31.0 Å². The molecule has 0 aliphatic rings. The topological polar surface area (TPSA) is 52.5 Å². The first-order chi connectivity index (χ1) is 8.35. The van der Waals surface area contributed by atoms with Crippen LogP contribution in [0.15, 0.2) is 18.2 Å². The van der Waals surface area contributed by atoms with Crippen LogP contribution in [0.25, 0.3) is 0 Å². The highest BCUT2D eigenvalue weighted by Gasteiger charge is 2.21. The van der Waals surface area contributed by atoms with Crippen LogP contribution in [0.2, 0.25) is 0 Å². The van der Waals surface area contributed by atoms with Gasteiger partial charge in [0.15, 0.2) is 0 Å². The van der Waals surface area contributed by atoms with Gasteiger partial charge in [-0.25, -0.2) is 0 Å². The van der Waals surface area contributed by atoms with E-state index in [1.54, 1.807) is 17.8 Å². The number of aryl methyl sites for hydroxylation is 1. The first-order valence-electron chi connectivity index (χ1n) is 6.10. The molecule has 3 nitrogen and oxygen atoms in total. The molecule has 2 atom stereocenters. The van der Waals surface area contributed by atoms with Crippen LogP contribution >= 0.6 is 11.8 Å². The standard InChI is InChI=1S/C14H23NO2S/c1-10-5-6-13(16)12(7-10)11(2)15-8-14(3,17)9-18-4/h5-7,11,15-17H,8-9H2,1-4H3. The van der Waals surface area contributed by atoms with Gasteiger partial charge in [-0.1, -0.05) is 17.7 Å². The van der Waals surface area contributed by atoms with Crippen molar-refractivity contribution >= 4 is 11.8 Å². The molecule has 0 radical (unpaired) electrons. The second-order valence-electron chi connectivity index (χ2n) is 5.09. The molecule has 3 N–H and O–H groups in total. The summed E-state index contributed by atoms with van der Waals surface area (Å²) in [5.41, 5.74) is 1.26. The number of aromatic hydroxyl groups is 1. The summed E-state index contributed by atoms with van der Waals surface area (Å²) in [6, 6.07) is 5.58. The van der Waals surface area contributed by atoms with Gasteiger partial charge in [0.05, 0.1) is 5.60 Å². The van der Waals surface area contributed by atoms with E-state index in [9.17, 15) is 10.2 Å². The minimum atomic E-state index is -0.729. The molecule has 1 rings (SSSR count). The fourth-order valence-electron chi connectivity index (χ4n) is 1.87. The van der Waals surface area contributed by atoms with Crippen molar-refractivity contribution in [2.45, 2.75) is 32.4 Å². The number of benzene rings is 1. The molecule has 0 aliphatic heterocycles. The van der Waals surface area contributed by atoms with Gasteiger partial charge in [-0.05, 0) is 33.1 Å². The predicted octanol–water partition coefficient (Wildman–Crippen LogP) is 2.47. The first kappa shape index (κ1) is 15.3. The fourth-order valence-corrected chi connectivity index (χ4v) is 2.59. The Morgan fingerprint density at radius 1 is 1.44 bits per heavy atom. The zero-order valence-electron chi connectivity index (χ0n) is 11.5. The van der Waals surface area contributed by atoms with E-state index >= 15 is 0 Å². The summed E-state index contributed by atoms with van der Waals surface area (Å²) in [5, 5.41) is 23.2. The predicted molar refractivity (Wildman–Crippen MR) is 78.3 cm³/mol. The summed E-state index contributed by atoms with van der Waals surface area (Å²) < 4.78 is 0. The number of nitrogens with one attached hydrogen (secondary N) is 1. The number of aliphatic hydroxyl groups is 1. The lowest BCUT2D eigenvalue weighted by Crippen LogP contribution is -2.40. The maximum atomic E-state index is 10.1. The fraction of sp³-hybridized carbons (Fsp3) is 0.571. The highest BCUT2D eigenvalue weighted by Crippen LogP contribution is 2.25. The number of hydrogen-bond acceptors (Lipinski definition) is 4. The van der Waals surface area contributed by atoms with Gasteiger partial charge in [-0.2, -0.15) is 11.8 Å². The maximum Gasteiger partial charge on any atom is 0.120 e. The van der Waals surface area contributed by atoms with Crippen LogP contribution in [-0.2, 0) is 0 Å². The average molecular weight is 269 g/mol. The molecule has 102 valence electrons. The van der Waals surface area contributed by atoms with Gasteiger partial charge in [0.2, 0.25) is 0 Å². The number of thioether (sulfide) groups is 1. The molecule has 0 amide bonds. The minimum Gasteiger partial charge on any atom is -0.508 e. The molecule has 0 saturated heterocycles. The molecule has 0 bridgehead atoms. The van der Waals surface area contributed by atoms with E-state index in [1.807, 2.05) is 39.2 Å². The molecule has 1 aromatic carbocycles. The number of phenolic OH excluding ortho intramolecular Hbond substituents is 1. The number of phenols is 1. The van der Waals surface area contributed by atoms with Gasteiger partial charge in [0.1, 0.15) is 5.75 Å². The summed E-state index contributed by atoms with van der Waals surface area (Å²) in [5.74, 6) is 0.983. The Labute approximate surface area is 114 Å². The van der Waals surface area contributed by atoms with Gasteiger partial charge >= 0.3 is 0 Å². The molecular formula is C14H23NO2S. The SMILES string of the molecule is CSCC(C)(O)CNC(C)c1cc(C)ccc1O. The van der Waals surface area contributed by atoms with Crippen molar-refractivity contribution in [1.82, 2.24) is 5.32 Å². The lowest BCUT2D eigenvalue weighted by molar-refractivity contribution is 0.0819. The van der Waals surface area contributed by atoms with Crippen molar-refractivity contribution in [1.29, 1.82) is 0 Å². The van der Waals surface area contributed by atoms with Crippen LogP contribution in [0.5, 0.6) is 5.75 Å². The van der Waals surface area contributed by atoms with Crippen molar-refractivity contribution < 1.29 is 10.2 Å². The van der Waals surface area contributed by atoms with Crippen LogP contribution < -0.4 is 5.32 Å². The van der Waals surface area contributed by atoms with Crippen molar-refractivity contribution in [3.8, 4) is 5.75 Å². The third kappa shape index (κ3) is 4.52. The van der Waals surface area contributed by atoms with E-state index in [1.165, 1.54) is 0 Å². The largest absolute Gasteiger partial charge is 0.508 e. The Morgan fingerprint density at radius 2 is 2.11 bits per heavy atom. The third-order valence-electron chi connectivity index (χ3n) is 2.89. The van der Waals surface area contributed by atoms with Crippen LogP contribution in [0.4, 0.5) is 0 Å². The lowest BCUT2D eigenvalue weighted by Gasteiger charge is -2.25. The molecule has 0 saturated carbocycles. The summed E-state index contributed by atoms with van der Waals surface area (Å²) in [4.78, 5) is 0. The zero-order chi connectivity index (χ0) is 13.8. The van der Waals surface area contributed by atoms with Gasteiger partial charge in [-0.15, -0.1) is 0 Å². The van der Waals surface area contributed by atoms with Crippen LogP contribution in [0.3, 0.4) is 0 Å². The van der Waals surface area contributed by atoms with E-state index in [2.05, 4.69) is 5.32 Å². The van der Waals surface area contributed by atoms with Gasteiger partial charge in [0, 0.05) is 23.9 Å². The van der Waals surface area contributed by atoms with E-state index in [0.29, 0.717) is 18.0 Å². The molecule has 0 heterocycles. The van der Waals surface area contributed by atoms with Crippen molar-refractivity contribution in [3.05, 3.63) is 29.3 Å². The van der Waals surface area contributed by atoms with E-state index in [0.717, 1.165) is 11.1 Å². The Morgan fingerprint density at radius 3 is 2.72 bits per heavy atom. The van der Waals surface area contributed by atoms with E-state index < -0.39 is 5.60 Å². The molecule has 0 spiro atoms. The van der Waals surface area contributed by atoms with Crippen molar-refractivity contribution in [2.75, 3.05) is 18.6 Å². The summed E-state index contributed by atoms with van der Waals surface area (Å²) in [7, 11) is 0. The Bertz CT molecular complexity index is 393. The summed E-state index contributed by atoms with van der Waals surface area (Å²) in [6.07, 6.45) is 1.98. The van der Waals surface area contributed by atoms with Crippen LogP contribution in [0, 0.1) is 6.92 Å². The Balaban J connectivity index is 2.65. The monoisotopic (exact) mass is 269 g/mol. The van der Waals surface area contributed by atoms with Crippen molar-refractivity contribution in [2.24, 2.45) is 0 Å². The maximum absolute atomic E-state index is 10.1. The average Bonchev–Trinajstić information content (AvgIpc) is 2.29. The van der Waals surface area contributed by atoms with Crippen LogP contribution in [-0.4, -0.2) is 34.4 Å². The molecule has 4 heteroatoms. The minimum absolute atomic E-state index is 0.0123. The van der Waals surface area contributed by atoms with Gasteiger partial charge < -0.3 is 15.5 Å². The quantitative estimate of drug-likeness (QED) is 0.742. The highest BCUT2D eigenvalue weighted by molar-refractivity contribution is 7.98. The zero-order valence-corrected chi connectivity index (χ0v) is 12.3. The molecule has 1 aromatic rings. The Hall–Kier alpha value is -0.710. The molecule has 0 fully saturated rings. The smallest absolute Gasteiger partial charge is 0.120 e. The normalized spacial score (nSPS) is 16.3. The lowest BCUT2D eigenvalue weighted by atomic mass is 10.0. The van der Waals surface area contributed by atoms with E-state index in [-0.39, 0.29) is 6.04 Å². The molecule has 2 unspecified atom stereocenters.